The summed E-state index contributed by atoms with van der Waals surface area (Å²) >= 11 is 6.17. The Morgan fingerprint density at radius 1 is 0.643 bits per heavy atom. The van der Waals surface area contributed by atoms with Gasteiger partial charge in [-0.2, -0.15) is 0 Å². The van der Waals surface area contributed by atoms with E-state index in [9.17, 15) is 0 Å². The Kier molecular flexibility index (Phi) is 3.22. The van der Waals surface area contributed by atoms with Gasteiger partial charge in [-0.1, -0.05) is 48.5 Å². The maximum Gasteiger partial charge on any atom is 0.223 e. The number of halogens is 1. The van der Waals surface area contributed by atoms with Crippen molar-refractivity contribution in [3.8, 4) is 11.3 Å². The Hall–Kier alpha value is -3.43. The van der Waals surface area contributed by atoms with E-state index in [4.69, 9.17) is 16.0 Å². The number of nitrogens with zero attached hydrogens (tertiary/aromatic N) is 2. The van der Waals surface area contributed by atoms with E-state index >= 15 is 0 Å². The zero-order valence-corrected chi connectivity index (χ0v) is 15.4. The van der Waals surface area contributed by atoms with Crippen molar-refractivity contribution in [2.75, 3.05) is 0 Å². The Balaban J connectivity index is 1.63. The zero-order valence-electron chi connectivity index (χ0n) is 14.7. The standard InChI is InChI=1S/C24H13ClN2O/c25-24-26-20-8-4-3-7-18(20)23(27-24)16-9-10-17-19-11-14-5-1-2-6-15(14)12-22(19)28-21(17)13-16/h1-13H. The first-order chi connectivity index (χ1) is 13.8. The third-order valence-electron chi connectivity index (χ3n) is 5.19. The van der Waals surface area contributed by atoms with Crippen LogP contribution < -0.4 is 0 Å². The van der Waals surface area contributed by atoms with Crippen molar-refractivity contribution in [2.24, 2.45) is 0 Å². The van der Waals surface area contributed by atoms with Crippen LogP contribution >= 0.6 is 11.6 Å². The van der Waals surface area contributed by atoms with Gasteiger partial charge in [0.2, 0.25) is 5.28 Å². The van der Waals surface area contributed by atoms with Crippen LogP contribution in [-0.2, 0) is 0 Å². The second kappa shape index (κ2) is 5.78. The molecule has 0 spiro atoms. The molecule has 132 valence electrons. The van der Waals surface area contributed by atoms with Gasteiger partial charge < -0.3 is 4.42 Å². The van der Waals surface area contributed by atoms with Crippen LogP contribution in [-0.4, -0.2) is 9.97 Å². The molecule has 0 atom stereocenters. The molecule has 0 unspecified atom stereocenters. The maximum atomic E-state index is 6.19. The molecular formula is C24H13ClN2O. The van der Waals surface area contributed by atoms with Crippen molar-refractivity contribution >= 4 is 55.2 Å². The molecule has 4 aromatic carbocycles. The lowest BCUT2D eigenvalue weighted by Crippen LogP contribution is -1.90. The predicted molar refractivity (Wildman–Crippen MR) is 115 cm³/mol. The summed E-state index contributed by atoms with van der Waals surface area (Å²) in [5.41, 5.74) is 4.31. The molecule has 0 bridgehead atoms. The molecule has 0 fully saturated rings. The van der Waals surface area contributed by atoms with Crippen LogP contribution in [0.2, 0.25) is 5.28 Å². The zero-order chi connectivity index (χ0) is 18.7. The summed E-state index contributed by atoms with van der Waals surface area (Å²) in [4.78, 5) is 8.81. The third-order valence-corrected chi connectivity index (χ3v) is 5.36. The lowest BCUT2D eigenvalue weighted by molar-refractivity contribution is 0.669. The second-order valence-electron chi connectivity index (χ2n) is 6.87. The molecule has 0 aliphatic carbocycles. The molecule has 0 N–H and O–H groups in total. The largest absolute Gasteiger partial charge is 0.456 e. The summed E-state index contributed by atoms with van der Waals surface area (Å²) in [6.07, 6.45) is 0. The first kappa shape index (κ1) is 15.6. The van der Waals surface area contributed by atoms with Gasteiger partial charge in [0.05, 0.1) is 11.2 Å². The lowest BCUT2D eigenvalue weighted by Gasteiger charge is -2.06. The van der Waals surface area contributed by atoms with E-state index in [-0.39, 0.29) is 5.28 Å². The van der Waals surface area contributed by atoms with Gasteiger partial charge in [0, 0.05) is 21.7 Å². The Labute approximate surface area is 165 Å². The van der Waals surface area contributed by atoms with Gasteiger partial charge in [0.25, 0.3) is 0 Å². The van der Waals surface area contributed by atoms with Gasteiger partial charge in [-0.05, 0) is 52.7 Å². The predicted octanol–water partition coefficient (Wildman–Crippen LogP) is 7.00. The van der Waals surface area contributed by atoms with E-state index in [2.05, 4.69) is 52.4 Å². The molecular weight excluding hydrogens is 368 g/mol. The number of aromatic nitrogens is 2. The SMILES string of the molecule is Clc1nc(-c2ccc3c(c2)oc2cc4ccccc4cc23)c2ccccc2n1. The highest BCUT2D eigenvalue weighted by atomic mass is 35.5. The molecule has 3 nitrogen and oxygen atoms in total. The van der Waals surface area contributed by atoms with Crippen molar-refractivity contribution in [2.45, 2.75) is 0 Å². The van der Waals surface area contributed by atoms with Crippen LogP contribution in [0.25, 0.3) is 54.9 Å². The molecule has 0 saturated heterocycles. The van der Waals surface area contributed by atoms with Gasteiger partial charge in [-0.15, -0.1) is 0 Å². The fourth-order valence-electron chi connectivity index (χ4n) is 3.88. The number of benzene rings is 4. The quantitative estimate of drug-likeness (QED) is 0.288. The molecule has 2 aromatic heterocycles. The summed E-state index contributed by atoms with van der Waals surface area (Å²) < 4.78 is 6.19. The van der Waals surface area contributed by atoms with Crippen molar-refractivity contribution in [3.63, 3.8) is 0 Å². The Bertz CT molecular complexity index is 1530. The summed E-state index contributed by atoms with van der Waals surface area (Å²) in [6.45, 7) is 0. The summed E-state index contributed by atoms with van der Waals surface area (Å²) in [6, 6.07) is 26.7. The monoisotopic (exact) mass is 380 g/mol. The molecule has 6 aromatic rings. The van der Waals surface area contributed by atoms with E-state index in [0.717, 1.165) is 44.1 Å². The number of para-hydroxylation sites is 1. The van der Waals surface area contributed by atoms with E-state index in [1.165, 1.54) is 10.8 Å². The molecule has 6 rings (SSSR count). The number of rotatable bonds is 1. The Morgan fingerprint density at radius 2 is 1.39 bits per heavy atom. The van der Waals surface area contributed by atoms with Crippen molar-refractivity contribution in [3.05, 3.63) is 84.1 Å². The molecule has 2 heterocycles. The topological polar surface area (TPSA) is 38.9 Å². The molecule has 0 aliphatic heterocycles. The minimum atomic E-state index is 0.240. The number of hydrogen-bond donors (Lipinski definition) is 0. The van der Waals surface area contributed by atoms with Crippen molar-refractivity contribution in [1.82, 2.24) is 9.97 Å². The number of fused-ring (bicyclic) bond motifs is 5. The summed E-state index contributed by atoms with van der Waals surface area (Å²) in [5.74, 6) is 0. The van der Waals surface area contributed by atoms with Crippen LogP contribution in [0.15, 0.2) is 83.3 Å². The highest BCUT2D eigenvalue weighted by Crippen LogP contribution is 2.35. The summed E-state index contributed by atoms with van der Waals surface area (Å²) in [5, 5.41) is 5.79. The fourth-order valence-corrected chi connectivity index (χ4v) is 4.05. The normalized spacial score (nSPS) is 11.8. The minimum Gasteiger partial charge on any atom is -0.456 e. The second-order valence-corrected chi connectivity index (χ2v) is 7.20. The molecule has 4 heteroatoms. The van der Waals surface area contributed by atoms with Gasteiger partial charge in [-0.3, -0.25) is 0 Å². The van der Waals surface area contributed by atoms with Gasteiger partial charge in [-0.25, -0.2) is 9.97 Å². The third kappa shape index (κ3) is 2.30. The minimum absolute atomic E-state index is 0.240. The van der Waals surface area contributed by atoms with Crippen LogP contribution in [0, 0.1) is 0 Å². The molecule has 28 heavy (non-hydrogen) atoms. The first-order valence-electron chi connectivity index (χ1n) is 9.04. The van der Waals surface area contributed by atoms with Gasteiger partial charge >= 0.3 is 0 Å². The first-order valence-corrected chi connectivity index (χ1v) is 9.42. The van der Waals surface area contributed by atoms with E-state index < -0.39 is 0 Å². The molecule has 0 radical (unpaired) electrons. The lowest BCUT2D eigenvalue weighted by atomic mass is 10.0. The average molecular weight is 381 g/mol. The van der Waals surface area contributed by atoms with Gasteiger partial charge in [0.1, 0.15) is 11.2 Å². The molecule has 0 aliphatic rings. The fraction of sp³-hybridized carbons (Fsp3) is 0. The smallest absolute Gasteiger partial charge is 0.223 e. The average Bonchev–Trinajstić information content (AvgIpc) is 3.08. The highest BCUT2D eigenvalue weighted by molar-refractivity contribution is 6.29. The molecule has 0 amide bonds. The van der Waals surface area contributed by atoms with Crippen molar-refractivity contribution < 1.29 is 4.42 Å². The highest BCUT2D eigenvalue weighted by Gasteiger charge is 2.13. The van der Waals surface area contributed by atoms with E-state index in [1.807, 2.05) is 36.4 Å². The van der Waals surface area contributed by atoms with Crippen LogP contribution in [0.3, 0.4) is 0 Å². The van der Waals surface area contributed by atoms with Crippen LogP contribution in [0.1, 0.15) is 0 Å². The number of furan rings is 1. The number of hydrogen-bond acceptors (Lipinski definition) is 3. The van der Waals surface area contributed by atoms with Crippen molar-refractivity contribution in [1.29, 1.82) is 0 Å². The maximum absolute atomic E-state index is 6.19. The Morgan fingerprint density at radius 3 is 2.29 bits per heavy atom. The molecule has 0 saturated carbocycles. The van der Waals surface area contributed by atoms with Crippen LogP contribution in [0.5, 0.6) is 0 Å². The van der Waals surface area contributed by atoms with E-state index in [1.54, 1.807) is 0 Å². The van der Waals surface area contributed by atoms with Gasteiger partial charge in [0.15, 0.2) is 0 Å². The summed E-state index contributed by atoms with van der Waals surface area (Å²) in [7, 11) is 0. The van der Waals surface area contributed by atoms with E-state index in [0.29, 0.717) is 0 Å². The van der Waals surface area contributed by atoms with Crippen LogP contribution in [0.4, 0.5) is 0 Å².